The van der Waals surface area contributed by atoms with Gasteiger partial charge in [-0.3, -0.25) is 9.59 Å². The molecule has 0 aromatic carbocycles. The lowest BCUT2D eigenvalue weighted by Gasteiger charge is -2.42. The average molecular weight is 357 g/mol. The topological polar surface area (TPSA) is 61.8 Å². The molecule has 0 aliphatic carbocycles. The van der Waals surface area contributed by atoms with E-state index in [9.17, 15) is 9.59 Å². The monoisotopic (exact) mass is 356 g/mol. The molecule has 1 rings (SSSR count). The molecule has 1 aliphatic heterocycles. The van der Waals surface area contributed by atoms with E-state index in [0.29, 0.717) is 29.7 Å². The van der Waals surface area contributed by atoms with Crippen molar-refractivity contribution in [3.05, 3.63) is 12.2 Å². The Labute approximate surface area is 146 Å². The standard InChI is InChI=1S/C18H32O5Si/c1-12(2)24(13(3)4,14(5)6)21-11-10-17-16(20)8-9-18(23-17)22-15(7)19/h8-9,12-14,17-18H,10-11H2,1-7H3/t17-,18?/m1/s1. The quantitative estimate of drug-likeness (QED) is 0.486. The predicted octanol–water partition coefficient (Wildman–Crippen LogP) is 3.98. The summed E-state index contributed by atoms with van der Waals surface area (Å²) < 4.78 is 17.0. The predicted molar refractivity (Wildman–Crippen MR) is 96.2 cm³/mol. The third kappa shape index (κ3) is 5.01. The molecule has 0 saturated heterocycles. The lowest BCUT2D eigenvalue weighted by atomic mass is 10.1. The van der Waals surface area contributed by atoms with Gasteiger partial charge >= 0.3 is 5.97 Å². The molecule has 0 N–H and O–H groups in total. The van der Waals surface area contributed by atoms with Crippen LogP contribution in [0.1, 0.15) is 54.9 Å². The Kier molecular flexibility index (Phi) is 7.83. The van der Waals surface area contributed by atoms with Gasteiger partial charge in [0, 0.05) is 20.0 Å². The zero-order valence-electron chi connectivity index (χ0n) is 16.0. The summed E-state index contributed by atoms with van der Waals surface area (Å²) in [6.45, 7) is 15.2. The summed E-state index contributed by atoms with van der Waals surface area (Å²) in [5.41, 5.74) is 1.48. The van der Waals surface area contributed by atoms with Crippen LogP contribution in [0.4, 0.5) is 0 Å². The van der Waals surface area contributed by atoms with Crippen molar-refractivity contribution in [1.29, 1.82) is 0 Å². The van der Waals surface area contributed by atoms with Crippen LogP contribution < -0.4 is 0 Å². The molecule has 0 aromatic heterocycles. The number of ether oxygens (including phenoxy) is 2. The average Bonchev–Trinajstić information content (AvgIpc) is 2.44. The molecule has 0 amide bonds. The maximum absolute atomic E-state index is 12.0. The Morgan fingerprint density at radius 2 is 1.71 bits per heavy atom. The molecule has 138 valence electrons. The first kappa shape index (κ1) is 21.1. The van der Waals surface area contributed by atoms with Crippen LogP contribution in [-0.4, -0.2) is 39.1 Å². The maximum Gasteiger partial charge on any atom is 0.305 e. The second-order valence-corrected chi connectivity index (χ2v) is 12.8. The van der Waals surface area contributed by atoms with Crippen molar-refractivity contribution in [3.63, 3.8) is 0 Å². The fourth-order valence-corrected chi connectivity index (χ4v) is 9.31. The van der Waals surface area contributed by atoms with E-state index >= 15 is 0 Å². The number of ketones is 1. The number of esters is 1. The highest BCUT2D eigenvalue weighted by atomic mass is 28.4. The lowest BCUT2D eigenvalue weighted by molar-refractivity contribution is -0.180. The van der Waals surface area contributed by atoms with Crippen molar-refractivity contribution < 1.29 is 23.5 Å². The number of rotatable bonds is 8. The van der Waals surface area contributed by atoms with Gasteiger partial charge in [-0.15, -0.1) is 0 Å². The summed E-state index contributed by atoms with van der Waals surface area (Å²) in [5.74, 6) is -0.534. The molecule has 1 aliphatic rings. The molecule has 0 radical (unpaired) electrons. The molecule has 1 unspecified atom stereocenters. The van der Waals surface area contributed by atoms with Gasteiger partial charge in [-0.25, -0.2) is 0 Å². The molecule has 0 bridgehead atoms. The van der Waals surface area contributed by atoms with Crippen LogP contribution in [0.15, 0.2) is 12.2 Å². The summed E-state index contributed by atoms with van der Waals surface area (Å²) in [4.78, 5) is 23.0. The molecular weight excluding hydrogens is 324 g/mol. The van der Waals surface area contributed by atoms with Crippen LogP contribution in [0, 0.1) is 0 Å². The summed E-state index contributed by atoms with van der Waals surface area (Å²) in [6, 6.07) is 0. The van der Waals surface area contributed by atoms with Gasteiger partial charge in [0.2, 0.25) is 6.29 Å². The largest absolute Gasteiger partial charge is 0.432 e. The molecule has 0 fully saturated rings. The Morgan fingerprint density at radius 3 is 2.17 bits per heavy atom. The first-order valence-corrected chi connectivity index (χ1v) is 10.9. The van der Waals surface area contributed by atoms with E-state index in [1.807, 2.05) is 0 Å². The van der Waals surface area contributed by atoms with Crippen molar-refractivity contribution in [2.75, 3.05) is 6.61 Å². The number of hydrogen-bond donors (Lipinski definition) is 0. The minimum absolute atomic E-state index is 0.104. The zero-order valence-corrected chi connectivity index (χ0v) is 17.0. The molecule has 6 heteroatoms. The Hall–Kier alpha value is -0.983. The highest BCUT2D eigenvalue weighted by Gasteiger charge is 2.45. The molecule has 1 heterocycles. The van der Waals surface area contributed by atoms with Crippen LogP contribution in [0.5, 0.6) is 0 Å². The molecule has 24 heavy (non-hydrogen) atoms. The third-order valence-corrected chi connectivity index (χ3v) is 10.9. The van der Waals surface area contributed by atoms with Gasteiger partial charge in [0.05, 0.1) is 0 Å². The number of carbonyl (C=O) groups excluding carboxylic acids is 2. The van der Waals surface area contributed by atoms with Crippen LogP contribution >= 0.6 is 0 Å². The van der Waals surface area contributed by atoms with Gasteiger partial charge in [0.1, 0.15) is 6.10 Å². The SMILES string of the molecule is CC(=O)OC1C=CC(=O)[C@@H](CCO[Si](C(C)C)(C(C)C)C(C)C)O1. The van der Waals surface area contributed by atoms with Crippen LogP contribution in [0.2, 0.25) is 16.6 Å². The second kappa shape index (κ2) is 8.92. The summed E-state index contributed by atoms with van der Waals surface area (Å²) in [5, 5.41) is 0. The number of hydrogen-bond acceptors (Lipinski definition) is 5. The van der Waals surface area contributed by atoms with Crippen molar-refractivity contribution >= 4 is 20.1 Å². The smallest absolute Gasteiger partial charge is 0.305 e. The molecule has 0 spiro atoms. The minimum Gasteiger partial charge on any atom is -0.432 e. The number of carbonyl (C=O) groups is 2. The minimum atomic E-state index is -1.95. The van der Waals surface area contributed by atoms with Gasteiger partial charge in [0.25, 0.3) is 0 Å². The normalized spacial score (nSPS) is 21.8. The van der Waals surface area contributed by atoms with Crippen molar-refractivity contribution in [1.82, 2.24) is 0 Å². The van der Waals surface area contributed by atoms with Gasteiger partial charge in [-0.05, 0) is 28.8 Å². The van der Waals surface area contributed by atoms with Crippen molar-refractivity contribution in [3.8, 4) is 0 Å². The van der Waals surface area contributed by atoms with Gasteiger partial charge in [0.15, 0.2) is 14.1 Å². The second-order valence-electron chi connectivity index (χ2n) is 7.32. The maximum atomic E-state index is 12.0. The van der Waals surface area contributed by atoms with Gasteiger partial charge < -0.3 is 13.9 Å². The Morgan fingerprint density at radius 1 is 1.17 bits per heavy atom. The molecule has 0 aromatic rings. The Bertz CT molecular complexity index is 448. The molecule has 2 atom stereocenters. The van der Waals surface area contributed by atoms with Crippen molar-refractivity contribution in [2.45, 2.75) is 83.9 Å². The molecular formula is C18H32O5Si. The summed E-state index contributed by atoms with van der Waals surface area (Å²) in [6.07, 6.45) is 1.98. The summed E-state index contributed by atoms with van der Waals surface area (Å²) >= 11 is 0. The van der Waals surface area contributed by atoms with Gasteiger partial charge in [-0.2, -0.15) is 0 Å². The van der Waals surface area contributed by atoms with E-state index in [2.05, 4.69) is 41.5 Å². The summed E-state index contributed by atoms with van der Waals surface area (Å²) in [7, 11) is -1.95. The fourth-order valence-electron chi connectivity index (χ4n) is 3.84. The highest BCUT2D eigenvalue weighted by molar-refractivity contribution is 6.77. The van der Waals surface area contributed by atoms with Crippen molar-refractivity contribution in [2.24, 2.45) is 0 Å². The van der Waals surface area contributed by atoms with E-state index in [4.69, 9.17) is 13.9 Å². The third-order valence-electron chi connectivity index (χ3n) is 4.75. The van der Waals surface area contributed by atoms with E-state index in [-0.39, 0.29) is 5.78 Å². The van der Waals surface area contributed by atoms with E-state index in [1.165, 1.54) is 19.1 Å². The molecule has 0 saturated carbocycles. The van der Waals surface area contributed by atoms with Gasteiger partial charge in [-0.1, -0.05) is 41.5 Å². The Balaban J connectivity index is 2.69. The van der Waals surface area contributed by atoms with Crippen LogP contribution in [0.3, 0.4) is 0 Å². The van der Waals surface area contributed by atoms with E-state index in [0.717, 1.165) is 0 Å². The highest BCUT2D eigenvalue weighted by Crippen LogP contribution is 2.42. The lowest BCUT2D eigenvalue weighted by Crippen LogP contribution is -2.48. The van der Waals surface area contributed by atoms with E-state index in [1.54, 1.807) is 0 Å². The fraction of sp³-hybridized carbons (Fsp3) is 0.778. The zero-order chi connectivity index (χ0) is 18.5. The van der Waals surface area contributed by atoms with E-state index < -0.39 is 26.7 Å². The first-order valence-electron chi connectivity index (χ1n) is 8.79. The van der Waals surface area contributed by atoms with Crippen LogP contribution in [-0.2, 0) is 23.5 Å². The molecule has 5 nitrogen and oxygen atoms in total. The van der Waals surface area contributed by atoms with Crippen LogP contribution in [0.25, 0.3) is 0 Å². The first-order chi connectivity index (χ1) is 11.1.